The first-order valence-corrected chi connectivity index (χ1v) is 6.17. The van der Waals surface area contributed by atoms with E-state index in [1.54, 1.807) is 0 Å². The Morgan fingerprint density at radius 2 is 1.94 bits per heavy atom. The normalized spacial score (nSPS) is 19.4. The SMILES string of the molecule is CCC(O)(CNC1CC1)c1ccc(C)cc1. The molecule has 1 aliphatic carbocycles. The van der Waals surface area contributed by atoms with Crippen LogP contribution in [0, 0.1) is 6.92 Å². The summed E-state index contributed by atoms with van der Waals surface area (Å²) in [5, 5.41) is 14.0. The lowest BCUT2D eigenvalue weighted by atomic mass is 9.90. The van der Waals surface area contributed by atoms with Gasteiger partial charge < -0.3 is 10.4 Å². The molecule has 1 fully saturated rings. The van der Waals surface area contributed by atoms with Gasteiger partial charge in [0.2, 0.25) is 0 Å². The maximum Gasteiger partial charge on any atom is 0.102 e. The van der Waals surface area contributed by atoms with Crippen LogP contribution in [-0.4, -0.2) is 17.7 Å². The molecule has 2 N–H and O–H groups in total. The van der Waals surface area contributed by atoms with Crippen molar-refractivity contribution in [2.45, 2.75) is 44.8 Å². The molecule has 1 unspecified atom stereocenters. The molecule has 1 saturated carbocycles. The minimum absolute atomic E-state index is 0.642. The molecule has 1 aliphatic rings. The Labute approximate surface area is 97.7 Å². The van der Waals surface area contributed by atoms with Crippen molar-refractivity contribution in [3.05, 3.63) is 35.4 Å². The third-order valence-corrected chi connectivity index (χ3v) is 3.43. The molecular formula is C14H21NO. The van der Waals surface area contributed by atoms with Crippen LogP contribution in [0.4, 0.5) is 0 Å². The predicted molar refractivity (Wildman–Crippen MR) is 66.4 cm³/mol. The van der Waals surface area contributed by atoms with Crippen LogP contribution >= 0.6 is 0 Å². The van der Waals surface area contributed by atoms with Gasteiger partial charge in [0.1, 0.15) is 5.60 Å². The van der Waals surface area contributed by atoms with Gasteiger partial charge in [0, 0.05) is 12.6 Å². The highest BCUT2D eigenvalue weighted by atomic mass is 16.3. The van der Waals surface area contributed by atoms with E-state index < -0.39 is 5.60 Å². The van der Waals surface area contributed by atoms with Crippen molar-refractivity contribution in [3.8, 4) is 0 Å². The summed E-state index contributed by atoms with van der Waals surface area (Å²) in [4.78, 5) is 0. The molecule has 0 saturated heterocycles. The van der Waals surface area contributed by atoms with Crippen molar-refractivity contribution in [2.24, 2.45) is 0 Å². The molecule has 16 heavy (non-hydrogen) atoms. The molecule has 1 atom stereocenters. The Morgan fingerprint density at radius 1 is 1.31 bits per heavy atom. The van der Waals surface area contributed by atoms with Crippen molar-refractivity contribution in [3.63, 3.8) is 0 Å². The number of hydrogen-bond donors (Lipinski definition) is 2. The Morgan fingerprint density at radius 3 is 2.44 bits per heavy atom. The summed E-state index contributed by atoms with van der Waals surface area (Å²) in [5.41, 5.74) is 1.54. The molecule has 0 bridgehead atoms. The van der Waals surface area contributed by atoms with Crippen LogP contribution in [0.25, 0.3) is 0 Å². The third kappa shape index (κ3) is 2.63. The summed E-state index contributed by atoms with van der Waals surface area (Å²) in [7, 11) is 0. The fourth-order valence-electron chi connectivity index (χ4n) is 1.90. The predicted octanol–water partition coefficient (Wildman–Crippen LogP) is 2.34. The molecule has 2 rings (SSSR count). The van der Waals surface area contributed by atoms with Gasteiger partial charge >= 0.3 is 0 Å². The van der Waals surface area contributed by atoms with E-state index in [-0.39, 0.29) is 0 Å². The summed E-state index contributed by atoms with van der Waals surface area (Å²) < 4.78 is 0. The van der Waals surface area contributed by atoms with E-state index in [1.165, 1.54) is 18.4 Å². The first-order valence-electron chi connectivity index (χ1n) is 6.17. The quantitative estimate of drug-likeness (QED) is 0.796. The van der Waals surface area contributed by atoms with Crippen LogP contribution in [-0.2, 0) is 5.60 Å². The molecule has 1 aromatic carbocycles. The smallest absolute Gasteiger partial charge is 0.102 e. The molecule has 0 spiro atoms. The molecule has 0 radical (unpaired) electrons. The van der Waals surface area contributed by atoms with Gasteiger partial charge in [0.05, 0.1) is 0 Å². The van der Waals surface area contributed by atoms with E-state index in [4.69, 9.17) is 0 Å². The lowest BCUT2D eigenvalue weighted by Crippen LogP contribution is -2.38. The zero-order valence-electron chi connectivity index (χ0n) is 10.2. The monoisotopic (exact) mass is 219 g/mol. The first kappa shape index (κ1) is 11.6. The van der Waals surface area contributed by atoms with Gasteiger partial charge in [0.15, 0.2) is 0 Å². The van der Waals surface area contributed by atoms with Gasteiger partial charge in [-0.25, -0.2) is 0 Å². The highest BCUT2D eigenvalue weighted by Crippen LogP contribution is 2.27. The number of hydrogen-bond acceptors (Lipinski definition) is 2. The number of aliphatic hydroxyl groups is 1. The van der Waals surface area contributed by atoms with E-state index in [0.29, 0.717) is 12.6 Å². The summed E-state index contributed by atoms with van der Waals surface area (Å²) in [5.74, 6) is 0. The topological polar surface area (TPSA) is 32.3 Å². The van der Waals surface area contributed by atoms with Crippen LogP contribution < -0.4 is 5.32 Å². The molecule has 1 aromatic rings. The summed E-state index contributed by atoms with van der Waals surface area (Å²) in [6.07, 6.45) is 3.26. The van der Waals surface area contributed by atoms with Crippen molar-refractivity contribution in [1.29, 1.82) is 0 Å². The van der Waals surface area contributed by atoms with Crippen LogP contribution in [0.3, 0.4) is 0 Å². The lowest BCUT2D eigenvalue weighted by Gasteiger charge is -2.28. The maximum absolute atomic E-state index is 10.6. The van der Waals surface area contributed by atoms with Crippen LogP contribution in [0.2, 0.25) is 0 Å². The molecular weight excluding hydrogens is 198 g/mol. The second-order valence-electron chi connectivity index (χ2n) is 4.91. The second kappa shape index (κ2) is 4.56. The molecule has 0 heterocycles. The van der Waals surface area contributed by atoms with E-state index in [9.17, 15) is 5.11 Å². The number of benzene rings is 1. The van der Waals surface area contributed by atoms with Crippen molar-refractivity contribution < 1.29 is 5.11 Å². The van der Waals surface area contributed by atoms with Crippen LogP contribution in [0.1, 0.15) is 37.3 Å². The average molecular weight is 219 g/mol. The number of aryl methyl sites for hydroxylation is 1. The fourth-order valence-corrected chi connectivity index (χ4v) is 1.90. The summed E-state index contributed by atoms with van der Waals surface area (Å²) in [6.45, 7) is 4.77. The largest absolute Gasteiger partial charge is 0.384 e. The molecule has 0 aliphatic heterocycles. The molecule has 88 valence electrons. The molecule has 2 heteroatoms. The Balaban J connectivity index is 2.08. The Hall–Kier alpha value is -0.860. The standard InChI is InChI=1S/C14H21NO/c1-3-14(16,10-15-13-8-9-13)12-6-4-11(2)5-7-12/h4-7,13,15-16H,3,8-10H2,1-2H3. The minimum atomic E-state index is -0.712. The Kier molecular flexibility index (Phi) is 3.31. The van der Waals surface area contributed by atoms with Gasteiger partial charge in [-0.1, -0.05) is 36.8 Å². The maximum atomic E-state index is 10.6. The van der Waals surface area contributed by atoms with Gasteiger partial charge in [-0.3, -0.25) is 0 Å². The van der Waals surface area contributed by atoms with Crippen molar-refractivity contribution in [1.82, 2.24) is 5.32 Å². The fraction of sp³-hybridized carbons (Fsp3) is 0.571. The van der Waals surface area contributed by atoms with E-state index in [0.717, 1.165) is 12.0 Å². The molecule has 0 amide bonds. The van der Waals surface area contributed by atoms with Gasteiger partial charge in [-0.2, -0.15) is 0 Å². The van der Waals surface area contributed by atoms with Gasteiger partial charge in [0.25, 0.3) is 0 Å². The summed E-state index contributed by atoms with van der Waals surface area (Å²) >= 11 is 0. The van der Waals surface area contributed by atoms with E-state index in [1.807, 2.05) is 19.1 Å². The molecule has 2 nitrogen and oxygen atoms in total. The zero-order valence-corrected chi connectivity index (χ0v) is 10.2. The van der Waals surface area contributed by atoms with E-state index >= 15 is 0 Å². The minimum Gasteiger partial charge on any atom is -0.384 e. The molecule has 0 aromatic heterocycles. The highest BCUT2D eigenvalue weighted by molar-refractivity contribution is 5.26. The number of nitrogens with one attached hydrogen (secondary N) is 1. The second-order valence-corrected chi connectivity index (χ2v) is 4.91. The van der Waals surface area contributed by atoms with E-state index in [2.05, 4.69) is 24.4 Å². The van der Waals surface area contributed by atoms with Gasteiger partial charge in [-0.05, 0) is 31.7 Å². The Bertz CT molecular complexity index is 342. The number of rotatable bonds is 5. The van der Waals surface area contributed by atoms with Crippen molar-refractivity contribution >= 4 is 0 Å². The summed E-state index contributed by atoms with van der Waals surface area (Å²) in [6, 6.07) is 8.84. The first-order chi connectivity index (χ1) is 7.64. The van der Waals surface area contributed by atoms with Crippen LogP contribution in [0.5, 0.6) is 0 Å². The van der Waals surface area contributed by atoms with Crippen LogP contribution in [0.15, 0.2) is 24.3 Å². The highest BCUT2D eigenvalue weighted by Gasteiger charge is 2.30. The lowest BCUT2D eigenvalue weighted by molar-refractivity contribution is 0.0323. The average Bonchev–Trinajstić information content (AvgIpc) is 3.11. The zero-order chi connectivity index (χ0) is 11.6. The third-order valence-electron chi connectivity index (χ3n) is 3.43. The van der Waals surface area contributed by atoms with Crippen molar-refractivity contribution in [2.75, 3.05) is 6.54 Å². The van der Waals surface area contributed by atoms with Gasteiger partial charge in [-0.15, -0.1) is 0 Å².